The predicted octanol–water partition coefficient (Wildman–Crippen LogP) is 2.59. The number of halogens is 1. The number of likely N-dealkylation sites (N-methyl/N-ethyl adjacent to an activating group) is 1. The number of nitrogens with one attached hydrogen (secondary N) is 1. The van der Waals surface area contributed by atoms with Crippen molar-refractivity contribution in [3.05, 3.63) is 23.2 Å². The number of nitrogens with two attached hydrogens (primary N) is 1. The Kier molecular flexibility index (Phi) is 4.66. The van der Waals surface area contributed by atoms with Gasteiger partial charge < -0.3 is 11.1 Å². The van der Waals surface area contributed by atoms with Crippen LogP contribution >= 0.6 is 11.6 Å². The molecule has 0 aromatic heterocycles. The first-order valence-electron chi connectivity index (χ1n) is 6.58. The van der Waals surface area contributed by atoms with Crippen LogP contribution in [0.4, 0.5) is 11.4 Å². The van der Waals surface area contributed by atoms with E-state index in [2.05, 4.69) is 10.2 Å². The Morgan fingerprint density at radius 2 is 2.26 bits per heavy atom. The van der Waals surface area contributed by atoms with Crippen molar-refractivity contribution >= 4 is 28.9 Å². The highest BCUT2D eigenvalue weighted by Gasteiger charge is 2.19. The molecule has 1 fully saturated rings. The number of hydrogen-bond donors (Lipinski definition) is 2. The summed E-state index contributed by atoms with van der Waals surface area (Å²) in [6.07, 6.45) is 3.91. The topological polar surface area (TPSA) is 58.4 Å². The maximum Gasteiger partial charge on any atom is 0.238 e. The van der Waals surface area contributed by atoms with E-state index in [-0.39, 0.29) is 5.91 Å². The van der Waals surface area contributed by atoms with E-state index in [9.17, 15) is 4.79 Å². The number of hydrogen-bond acceptors (Lipinski definition) is 3. The third-order valence-corrected chi connectivity index (χ3v) is 3.83. The van der Waals surface area contributed by atoms with Crippen LogP contribution in [0.3, 0.4) is 0 Å². The molecule has 4 nitrogen and oxygen atoms in total. The summed E-state index contributed by atoms with van der Waals surface area (Å²) in [6.45, 7) is 1.40. The van der Waals surface area contributed by atoms with E-state index < -0.39 is 0 Å². The molecule has 0 unspecified atom stereocenters. The molecule has 0 radical (unpaired) electrons. The lowest BCUT2D eigenvalue weighted by atomic mass is 9.85. The molecule has 3 N–H and O–H groups in total. The highest BCUT2D eigenvalue weighted by Crippen LogP contribution is 2.26. The number of nitrogen functional groups attached to an aromatic ring is 1. The van der Waals surface area contributed by atoms with E-state index in [1.807, 2.05) is 7.05 Å². The summed E-state index contributed by atoms with van der Waals surface area (Å²) in [5.74, 6) is 0.743. The van der Waals surface area contributed by atoms with Crippen molar-refractivity contribution in [3.63, 3.8) is 0 Å². The molecule has 0 heterocycles. The van der Waals surface area contributed by atoms with E-state index in [1.54, 1.807) is 18.2 Å². The molecule has 19 heavy (non-hydrogen) atoms. The fourth-order valence-electron chi connectivity index (χ4n) is 2.25. The summed E-state index contributed by atoms with van der Waals surface area (Å²) in [6, 6.07) is 5.11. The van der Waals surface area contributed by atoms with Crippen molar-refractivity contribution in [3.8, 4) is 0 Å². The standard InChI is InChI=1S/C14H20ClN3O/c1-18(8-10-3-2-4-10)9-14(19)17-11-5-6-12(15)13(16)7-11/h5-7,10H,2-4,8-9,16H2,1H3,(H,17,19). The first-order valence-corrected chi connectivity index (χ1v) is 6.96. The zero-order valence-corrected chi connectivity index (χ0v) is 11.9. The van der Waals surface area contributed by atoms with Gasteiger partial charge in [-0.1, -0.05) is 18.0 Å². The zero-order valence-electron chi connectivity index (χ0n) is 11.2. The second-order valence-electron chi connectivity index (χ2n) is 5.28. The monoisotopic (exact) mass is 281 g/mol. The number of nitrogens with zero attached hydrogens (tertiary/aromatic N) is 1. The molecule has 2 rings (SSSR count). The van der Waals surface area contributed by atoms with Gasteiger partial charge in [0.1, 0.15) is 0 Å². The minimum Gasteiger partial charge on any atom is -0.397 e. The molecule has 0 aliphatic heterocycles. The van der Waals surface area contributed by atoms with Crippen molar-refractivity contribution in [1.82, 2.24) is 4.90 Å². The summed E-state index contributed by atoms with van der Waals surface area (Å²) in [7, 11) is 1.98. The van der Waals surface area contributed by atoms with Crippen molar-refractivity contribution in [2.24, 2.45) is 5.92 Å². The molecule has 1 aliphatic rings. The largest absolute Gasteiger partial charge is 0.397 e. The Labute approximate surface area is 118 Å². The van der Waals surface area contributed by atoms with E-state index in [0.717, 1.165) is 12.5 Å². The number of carbonyl (C=O) groups is 1. The average molecular weight is 282 g/mol. The summed E-state index contributed by atoms with van der Waals surface area (Å²) in [5.41, 5.74) is 6.85. The third kappa shape index (κ3) is 4.11. The molecule has 0 spiro atoms. The quantitative estimate of drug-likeness (QED) is 0.816. The summed E-state index contributed by atoms with van der Waals surface area (Å²) in [4.78, 5) is 13.9. The second-order valence-corrected chi connectivity index (χ2v) is 5.69. The van der Waals surface area contributed by atoms with Crippen molar-refractivity contribution in [1.29, 1.82) is 0 Å². The smallest absolute Gasteiger partial charge is 0.238 e. The lowest BCUT2D eigenvalue weighted by molar-refractivity contribution is -0.117. The summed E-state index contributed by atoms with van der Waals surface area (Å²) < 4.78 is 0. The lowest BCUT2D eigenvalue weighted by Crippen LogP contribution is -2.35. The highest BCUT2D eigenvalue weighted by atomic mass is 35.5. The lowest BCUT2D eigenvalue weighted by Gasteiger charge is -2.29. The van der Waals surface area contributed by atoms with Crippen LogP contribution in [0.5, 0.6) is 0 Å². The van der Waals surface area contributed by atoms with Gasteiger partial charge in [0.15, 0.2) is 0 Å². The molecule has 1 saturated carbocycles. The Morgan fingerprint density at radius 3 is 2.84 bits per heavy atom. The molecule has 5 heteroatoms. The molecule has 1 aromatic rings. The molecule has 104 valence electrons. The Bertz CT molecular complexity index is 460. The highest BCUT2D eigenvalue weighted by molar-refractivity contribution is 6.33. The summed E-state index contributed by atoms with van der Waals surface area (Å²) in [5, 5.41) is 3.33. The Balaban J connectivity index is 1.80. The normalized spacial score (nSPS) is 15.3. The molecule has 1 aliphatic carbocycles. The van der Waals surface area contributed by atoms with Gasteiger partial charge in [-0.15, -0.1) is 0 Å². The number of rotatable bonds is 5. The molecule has 1 aromatic carbocycles. The molecule has 0 atom stereocenters. The maximum atomic E-state index is 11.9. The fraction of sp³-hybridized carbons (Fsp3) is 0.500. The average Bonchev–Trinajstić information content (AvgIpc) is 2.28. The number of benzene rings is 1. The molecule has 0 bridgehead atoms. The molecular formula is C14H20ClN3O. The van der Waals surface area contributed by atoms with Gasteiger partial charge in [-0.2, -0.15) is 0 Å². The third-order valence-electron chi connectivity index (χ3n) is 3.49. The second kappa shape index (κ2) is 6.26. The zero-order chi connectivity index (χ0) is 13.8. The van der Waals surface area contributed by atoms with E-state index in [1.165, 1.54) is 19.3 Å². The van der Waals surface area contributed by atoms with E-state index in [0.29, 0.717) is 22.9 Å². The van der Waals surface area contributed by atoms with Crippen LogP contribution in [0.25, 0.3) is 0 Å². The van der Waals surface area contributed by atoms with Crippen LogP contribution in [0.15, 0.2) is 18.2 Å². The SMILES string of the molecule is CN(CC(=O)Nc1ccc(Cl)c(N)c1)CC1CCC1. The van der Waals surface area contributed by atoms with E-state index in [4.69, 9.17) is 17.3 Å². The van der Waals surface area contributed by atoms with Gasteiger partial charge in [0.05, 0.1) is 17.3 Å². The van der Waals surface area contributed by atoms with Crippen LogP contribution in [0.1, 0.15) is 19.3 Å². The first-order chi connectivity index (χ1) is 9.04. The Morgan fingerprint density at radius 1 is 1.53 bits per heavy atom. The van der Waals surface area contributed by atoms with E-state index >= 15 is 0 Å². The van der Waals surface area contributed by atoms with Crippen LogP contribution < -0.4 is 11.1 Å². The Hall–Kier alpha value is -1.26. The van der Waals surface area contributed by atoms with Gasteiger partial charge in [0.25, 0.3) is 0 Å². The minimum absolute atomic E-state index is 0.0245. The van der Waals surface area contributed by atoms with Gasteiger partial charge in [0.2, 0.25) is 5.91 Å². The minimum atomic E-state index is -0.0245. The number of carbonyl (C=O) groups excluding carboxylic acids is 1. The van der Waals surface area contributed by atoms with Gasteiger partial charge in [-0.3, -0.25) is 9.69 Å². The van der Waals surface area contributed by atoms with Crippen LogP contribution in [-0.4, -0.2) is 30.9 Å². The van der Waals surface area contributed by atoms with Gasteiger partial charge in [-0.05, 0) is 44.0 Å². The van der Waals surface area contributed by atoms with Gasteiger partial charge in [-0.25, -0.2) is 0 Å². The van der Waals surface area contributed by atoms with Gasteiger partial charge in [0, 0.05) is 12.2 Å². The van der Waals surface area contributed by atoms with Crippen LogP contribution in [0.2, 0.25) is 5.02 Å². The van der Waals surface area contributed by atoms with Gasteiger partial charge >= 0.3 is 0 Å². The molecular weight excluding hydrogens is 262 g/mol. The van der Waals surface area contributed by atoms with Crippen LogP contribution in [-0.2, 0) is 4.79 Å². The predicted molar refractivity (Wildman–Crippen MR) is 79.3 cm³/mol. The number of anilines is 2. The van der Waals surface area contributed by atoms with Crippen molar-refractivity contribution in [2.75, 3.05) is 31.2 Å². The molecule has 0 saturated heterocycles. The van der Waals surface area contributed by atoms with Crippen molar-refractivity contribution < 1.29 is 4.79 Å². The maximum absolute atomic E-state index is 11.9. The number of amides is 1. The first kappa shape index (κ1) is 14.2. The molecule has 1 amide bonds. The summed E-state index contributed by atoms with van der Waals surface area (Å²) >= 11 is 5.84. The van der Waals surface area contributed by atoms with Crippen molar-refractivity contribution in [2.45, 2.75) is 19.3 Å². The van der Waals surface area contributed by atoms with Crippen LogP contribution in [0, 0.1) is 5.92 Å². The fourth-order valence-corrected chi connectivity index (χ4v) is 2.37.